The molecule has 1 aromatic rings. The second-order valence-corrected chi connectivity index (χ2v) is 5.58. The third kappa shape index (κ3) is 6.06. The summed E-state index contributed by atoms with van der Waals surface area (Å²) >= 11 is 5.94. The van der Waals surface area contributed by atoms with Crippen LogP contribution in [0.1, 0.15) is 25.8 Å². The van der Waals surface area contributed by atoms with Crippen LogP contribution in [0, 0.1) is 5.41 Å². The van der Waals surface area contributed by atoms with Gasteiger partial charge in [-0.25, -0.2) is 0 Å². The first-order valence-electron chi connectivity index (χ1n) is 5.98. The predicted octanol–water partition coefficient (Wildman–Crippen LogP) is 3.49. The quantitative estimate of drug-likeness (QED) is 0.805. The third-order valence-electron chi connectivity index (χ3n) is 2.80. The van der Waals surface area contributed by atoms with Crippen molar-refractivity contribution in [2.45, 2.75) is 26.8 Å². The van der Waals surface area contributed by atoms with Gasteiger partial charge in [0.1, 0.15) is 0 Å². The highest BCUT2D eigenvalue weighted by Crippen LogP contribution is 2.19. The number of nitrogens with one attached hydrogen (secondary N) is 1. The number of halogens is 1. The minimum Gasteiger partial charge on any atom is -0.385 e. The summed E-state index contributed by atoms with van der Waals surface area (Å²) in [5.41, 5.74) is 1.48. The molecule has 0 radical (unpaired) electrons. The van der Waals surface area contributed by atoms with E-state index in [1.165, 1.54) is 5.56 Å². The summed E-state index contributed by atoms with van der Waals surface area (Å²) in [5.74, 6) is 0. The highest BCUT2D eigenvalue weighted by Gasteiger charge is 2.16. The summed E-state index contributed by atoms with van der Waals surface area (Å²) in [4.78, 5) is 0. The lowest BCUT2D eigenvalue weighted by Crippen LogP contribution is -2.30. The van der Waals surface area contributed by atoms with Crippen molar-refractivity contribution in [2.75, 3.05) is 20.3 Å². The molecule has 0 spiro atoms. The third-order valence-corrected chi connectivity index (χ3v) is 3.04. The van der Waals surface area contributed by atoms with Crippen molar-refractivity contribution in [3.8, 4) is 0 Å². The van der Waals surface area contributed by atoms with E-state index in [2.05, 4.69) is 25.2 Å². The molecule has 1 N–H and O–H groups in total. The van der Waals surface area contributed by atoms with Crippen molar-refractivity contribution in [1.29, 1.82) is 0 Å². The van der Waals surface area contributed by atoms with E-state index in [-0.39, 0.29) is 5.41 Å². The molecule has 0 saturated carbocycles. The van der Waals surface area contributed by atoms with Crippen LogP contribution in [0.2, 0.25) is 5.02 Å². The summed E-state index contributed by atoms with van der Waals surface area (Å²) in [6.07, 6.45) is 1.06. The summed E-state index contributed by atoms with van der Waals surface area (Å²) in [5, 5.41) is 4.26. The molecule has 2 nitrogen and oxygen atoms in total. The highest BCUT2D eigenvalue weighted by atomic mass is 35.5. The zero-order chi connectivity index (χ0) is 12.7. The molecule has 0 aliphatic heterocycles. The maximum Gasteiger partial charge on any atom is 0.0467 e. The molecule has 1 aromatic carbocycles. The number of methoxy groups -OCH3 is 1. The topological polar surface area (TPSA) is 21.3 Å². The molecular weight excluding hydrogens is 234 g/mol. The fourth-order valence-corrected chi connectivity index (χ4v) is 1.87. The van der Waals surface area contributed by atoms with Crippen molar-refractivity contribution in [1.82, 2.24) is 5.32 Å². The van der Waals surface area contributed by atoms with E-state index in [1.54, 1.807) is 7.11 Å². The molecule has 0 atom stereocenters. The van der Waals surface area contributed by atoms with E-state index in [0.29, 0.717) is 0 Å². The first-order chi connectivity index (χ1) is 8.03. The minimum absolute atomic E-state index is 0.259. The Labute approximate surface area is 109 Å². The van der Waals surface area contributed by atoms with E-state index in [1.807, 2.05) is 18.2 Å². The normalized spacial score (nSPS) is 11.8. The molecule has 0 saturated heterocycles. The first-order valence-corrected chi connectivity index (χ1v) is 6.35. The van der Waals surface area contributed by atoms with Crippen LogP contribution >= 0.6 is 11.6 Å². The number of benzene rings is 1. The van der Waals surface area contributed by atoms with Gasteiger partial charge in [-0.1, -0.05) is 37.6 Å². The molecule has 0 aliphatic rings. The monoisotopic (exact) mass is 255 g/mol. The van der Waals surface area contributed by atoms with Crippen molar-refractivity contribution in [2.24, 2.45) is 5.41 Å². The van der Waals surface area contributed by atoms with Gasteiger partial charge in [0.2, 0.25) is 0 Å². The lowest BCUT2D eigenvalue weighted by molar-refractivity contribution is 0.150. The molecule has 0 amide bonds. The average Bonchev–Trinajstić information content (AvgIpc) is 2.26. The largest absolute Gasteiger partial charge is 0.385 e. The summed E-state index contributed by atoms with van der Waals surface area (Å²) in [6, 6.07) is 7.96. The smallest absolute Gasteiger partial charge is 0.0467 e. The van der Waals surface area contributed by atoms with Gasteiger partial charge < -0.3 is 10.1 Å². The highest BCUT2D eigenvalue weighted by molar-refractivity contribution is 6.30. The Hall–Kier alpha value is -0.570. The van der Waals surface area contributed by atoms with E-state index in [4.69, 9.17) is 16.3 Å². The standard InChI is InChI=1S/C14H22ClNO/c1-14(2,7-8-17-3)11-16-10-12-5-4-6-13(15)9-12/h4-6,9,16H,7-8,10-11H2,1-3H3. The van der Waals surface area contributed by atoms with E-state index in [9.17, 15) is 0 Å². The summed E-state index contributed by atoms with van der Waals surface area (Å²) < 4.78 is 5.11. The van der Waals surface area contributed by atoms with Gasteiger partial charge in [0.15, 0.2) is 0 Å². The van der Waals surface area contributed by atoms with Gasteiger partial charge in [0.05, 0.1) is 0 Å². The van der Waals surface area contributed by atoms with E-state index in [0.717, 1.165) is 31.1 Å². The Bertz CT molecular complexity index is 339. The molecule has 0 aromatic heterocycles. The van der Waals surface area contributed by atoms with Crippen LogP contribution in [0.25, 0.3) is 0 Å². The van der Waals surface area contributed by atoms with Crippen LogP contribution in [0.15, 0.2) is 24.3 Å². The van der Waals surface area contributed by atoms with E-state index >= 15 is 0 Å². The fraction of sp³-hybridized carbons (Fsp3) is 0.571. The second-order valence-electron chi connectivity index (χ2n) is 5.14. The zero-order valence-electron chi connectivity index (χ0n) is 10.9. The maximum atomic E-state index is 5.94. The SMILES string of the molecule is COCCC(C)(C)CNCc1cccc(Cl)c1. The molecule has 0 unspecified atom stereocenters. The number of ether oxygens (including phenoxy) is 1. The van der Waals surface area contributed by atoms with Gasteiger partial charge >= 0.3 is 0 Å². The van der Waals surface area contributed by atoms with Crippen LogP contribution in [-0.4, -0.2) is 20.3 Å². The lowest BCUT2D eigenvalue weighted by atomic mass is 9.89. The zero-order valence-corrected chi connectivity index (χ0v) is 11.7. The molecule has 3 heteroatoms. The number of rotatable bonds is 7. The Morgan fingerprint density at radius 2 is 2.12 bits per heavy atom. The maximum absolute atomic E-state index is 5.94. The Morgan fingerprint density at radius 3 is 2.76 bits per heavy atom. The van der Waals surface area contributed by atoms with Crippen LogP contribution in [0.3, 0.4) is 0 Å². The molecule has 0 fully saturated rings. The average molecular weight is 256 g/mol. The predicted molar refractivity (Wildman–Crippen MR) is 73.4 cm³/mol. The first kappa shape index (κ1) is 14.5. The second kappa shape index (κ2) is 7.00. The molecular formula is C14H22ClNO. The van der Waals surface area contributed by atoms with Gasteiger partial charge in [-0.3, -0.25) is 0 Å². The molecule has 17 heavy (non-hydrogen) atoms. The van der Waals surface area contributed by atoms with Gasteiger partial charge in [0.25, 0.3) is 0 Å². The molecule has 1 rings (SSSR count). The molecule has 0 bridgehead atoms. The van der Waals surface area contributed by atoms with Crippen LogP contribution < -0.4 is 5.32 Å². The summed E-state index contributed by atoms with van der Waals surface area (Å²) in [6.45, 7) is 7.14. The van der Waals surface area contributed by atoms with Crippen LogP contribution in [0.4, 0.5) is 0 Å². The molecule has 0 aliphatic carbocycles. The van der Waals surface area contributed by atoms with Crippen molar-refractivity contribution in [3.05, 3.63) is 34.9 Å². The van der Waals surface area contributed by atoms with Crippen molar-refractivity contribution >= 4 is 11.6 Å². The number of hydrogen-bond donors (Lipinski definition) is 1. The van der Waals surface area contributed by atoms with Gasteiger partial charge in [-0.05, 0) is 29.5 Å². The Morgan fingerprint density at radius 1 is 1.35 bits per heavy atom. The van der Waals surface area contributed by atoms with Crippen LogP contribution in [0.5, 0.6) is 0 Å². The van der Waals surface area contributed by atoms with E-state index < -0.39 is 0 Å². The lowest BCUT2D eigenvalue weighted by Gasteiger charge is -2.24. The van der Waals surface area contributed by atoms with Gasteiger partial charge in [-0.15, -0.1) is 0 Å². The van der Waals surface area contributed by atoms with Gasteiger partial charge in [-0.2, -0.15) is 0 Å². The van der Waals surface area contributed by atoms with Crippen molar-refractivity contribution in [3.63, 3.8) is 0 Å². The Balaban J connectivity index is 2.32. The Kier molecular flexibility index (Phi) is 5.96. The van der Waals surface area contributed by atoms with Crippen LogP contribution in [-0.2, 0) is 11.3 Å². The molecule has 96 valence electrons. The van der Waals surface area contributed by atoms with Crippen molar-refractivity contribution < 1.29 is 4.74 Å². The fourth-order valence-electron chi connectivity index (χ4n) is 1.66. The molecule has 0 heterocycles. The minimum atomic E-state index is 0.259. The van der Waals surface area contributed by atoms with Gasteiger partial charge in [0, 0.05) is 31.8 Å². The number of hydrogen-bond acceptors (Lipinski definition) is 2. The summed E-state index contributed by atoms with van der Waals surface area (Å²) in [7, 11) is 1.75.